The van der Waals surface area contributed by atoms with E-state index in [4.69, 9.17) is 82.6 Å². The number of hydrogen-bond acceptors (Lipinski definition) is 35. The number of carbonyl (C=O) groups excluding carboxylic acids is 10. The largest absolute Gasteiger partial charge is 0.492 e. The minimum absolute atomic E-state index is 0.0102. The number of fused-ring (bicyclic) bond motifs is 2. The molecule has 2 bridgehead atoms. The van der Waals surface area contributed by atoms with Crippen molar-refractivity contribution in [1.29, 1.82) is 0 Å². The third kappa shape index (κ3) is 28.7. The molecule has 2 aromatic rings. The van der Waals surface area contributed by atoms with Crippen LogP contribution in [0.3, 0.4) is 0 Å². The lowest BCUT2D eigenvalue weighted by Gasteiger charge is -2.47. The maximum atomic E-state index is 14.7. The van der Waals surface area contributed by atoms with E-state index in [2.05, 4.69) is 45.1 Å². The summed E-state index contributed by atoms with van der Waals surface area (Å²) >= 11 is 2.75. The Bertz CT molecular complexity index is 4470. The van der Waals surface area contributed by atoms with Crippen LogP contribution in [0.5, 0.6) is 17.2 Å². The Kier molecular flexibility index (Phi) is 42.9. The molecule has 4 heterocycles. The lowest BCUT2D eigenvalue weighted by molar-refractivity contribution is -0.337. The molecule has 2 aliphatic carbocycles. The smallest absolute Gasteiger partial charge is 0.410 e. The molecule has 4 saturated heterocycles. The van der Waals surface area contributed by atoms with Crippen molar-refractivity contribution in [1.82, 2.24) is 21.0 Å². The number of likely N-dealkylation sites (N-methyl/N-ethyl adjacent to an activating group) is 1. The lowest BCUT2D eigenvalue weighted by atomic mass is 9.72. The molecule has 41 heteroatoms. The lowest BCUT2D eigenvalue weighted by Crippen LogP contribution is -2.65. The fourth-order valence-corrected chi connectivity index (χ4v) is 19.6. The zero-order chi connectivity index (χ0) is 95.5. The number of anilines is 1. The molecule has 0 spiro atoms. The van der Waals surface area contributed by atoms with E-state index in [9.17, 15) is 73.5 Å². The van der Waals surface area contributed by atoms with Crippen molar-refractivity contribution in [3.05, 3.63) is 79.5 Å². The molecule has 0 saturated carbocycles. The average molecular weight is 2000 g/mol. The summed E-state index contributed by atoms with van der Waals surface area (Å²) in [4.78, 5) is 143. The number of unbranched alkanes of at least 4 members (excludes halogenated alkanes) is 1. The predicted octanol–water partition coefficient (Wildman–Crippen LogP) is 6.00. The molecule has 5 amide bonds. The van der Waals surface area contributed by atoms with Crippen molar-refractivity contribution in [2.75, 3.05) is 79.5 Å². The number of methoxy groups -OCH3 is 5. The summed E-state index contributed by atoms with van der Waals surface area (Å²) < 4.78 is 85.1. The average Bonchev–Trinajstić information content (AvgIpc) is 0.747. The Morgan fingerprint density at radius 2 is 1.48 bits per heavy atom. The first-order valence-corrected chi connectivity index (χ1v) is 47.4. The van der Waals surface area contributed by atoms with Gasteiger partial charge in [-0.3, -0.25) is 38.4 Å². The highest BCUT2D eigenvalue weighted by molar-refractivity contribution is 14.1. The molecule has 4 aliphatic heterocycles. The second-order valence-electron chi connectivity index (χ2n) is 32.4. The van der Waals surface area contributed by atoms with Gasteiger partial charge in [0.25, 0.3) is 0 Å². The van der Waals surface area contributed by atoms with Crippen LogP contribution in [0.25, 0.3) is 0 Å². The molecule has 130 heavy (non-hydrogen) atoms. The SMILES string of the molecule is CCOC(=O)C(C)SSC/C=C1\C2=C(CC(=O)OC)C(=O)C[C@@]1(O)C#C/C=C\C#C[C@@H]2O[C@@H]1O[C@H](C)[C@@H](NO[C@H]2C[C@H](O)[C@H](SC(=O)c3c(C)c(I)c(O[C@@H]4O[C@@H](C)[C@H](O)[C@@H](OC)[C@H]4O)c(OC)c3OC)[C@@H](C)O2)[C@H](O)[C@H]1O[C@H]1C[C@H](OC)[C@@H](N(CC)C(=O)OCc2ccc(NC(=O)[C@H](CCCNC(N)=O)CC(=O)[C@@H](NC(=O)[C@H](CCCCN)CC(C)=O)C(C)C)cc2)CO1. The zero-order valence-corrected chi connectivity index (χ0v) is 80.3. The number of hydrogen-bond donors (Lipinski definition) is 11. The second-order valence-corrected chi connectivity index (χ2v) is 37.4. The van der Waals surface area contributed by atoms with Crippen molar-refractivity contribution in [2.24, 2.45) is 29.2 Å². The van der Waals surface area contributed by atoms with Crippen molar-refractivity contribution < 1.29 is 145 Å². The number of rotatable bonds is 45. The molecule has 37 nitrogen and oxygen atoms in total. The van der Waals surface area contributed by atoms with Gasteiger partial charge in [-0.2, -0.15) is 5.48 Å². The minimum atomic E-state index is -2.22. The number of nitrogens with zero attached hydrogens (tertiary/aromatic N) is 1. The van der Waals surface area contributed by atoms with Gasteiger partial charge in [0.05, 0.1) is 110 Å². The molecule has 4 fully saturated rings. The van der Waals surface area contributed by atoms with Gasteiger partial charge in [-0.1, -0.05) is 95.5 Å². The number of ether oxygens (including phenoxy) is 14. The maximum absolute atomic E-state index is 14.7. The highest BCUT2D eigenvalue weighted by Gasteiger charge is 2.53. The Hall–Kier alpha value is -7.58. The molecular formula is C89H124IN7O30S3. The van der Waals surface area contributed by atoms with Crippen LogP contribution in [-0.2, 0) is 97.1 Å². The van der Waals surface area contributed by atoms with E-state index in [1.165, 1.54) is 74.0 Å². The van der Waals surface area contributed by atoms with Gasteiger partial charge in [-0.05, 0) is 152 Å². The summed E-state index contributed by atoms with van der Waals surface area (Å²) in [5.41, 5.74) is 12.8. The second kappa shape index (κ2) is 51.8. The van der Waals surface area contributed by atoms with Crippen LogP contribution in [0.2, 0.25) is 0 Å². The maximum Gasteiger partial charge on any atom is 0.410 e. The first-order valence-electron chi connectivity index (χ1n) is 43.1. The fourth-order valence-electron chi connectivity index (χ4n) is 15.9. The standard InChI is InChI=1S/C89H124IN7O30S3/c1-16-97(88(111)120-43-52-28-30-55(31-29-52)94-81(106)54(26-24-35-93-87(92)110)38-59(99)70(45(3)4)95-82(107)53(37-46(5)98)25-21-23-34-91)58-44-119-65(41-63(58)113-11)125-78-73(104)71(48(7)122-86(78)124-62-27-20-18-19-22-33-89(112)42-61(101)56(39-64(102)114-12)68(62)57(89)32-36-128-130-51(10)83(108)118-17-2)96-127-66-40-60(100)80(50(9)121-66)129-84(109)67-47(6)69(90)76(79(117-15)75(67)115-13)126-85-74(105)77(116-14)72(103)49(8)123-85/h18-19,28-32,45,48-51,53-54,58,60,62-63,65-66,70-74,77-78,80,85-86,96,100,103-105,112H,16-17,21,23-26,34-44,91H2,1-15H3,(H,94,106)(H,95,107)(H3,92,93,110)/b19-18-,57-32+/t48-,49+,50-,51?,53-,54-,58+,60+,62+,63+,65+,66+,70+,71-,72+,73+,74-,77-,78-,80-,85+,86+,89+/m1/s1. The van der Waals surface area contributed by atoms with Crippen molar-refractivity contribution in [3.63, 3.8) is 0 Å². The molecule has 0 radical (unpaired) electrons. The number of Topliss-reactive ketones (excluding diaryl/α,β-unsaturated/α-hetero) is 3. The van der Waals surface area contributed by atoms with E-state index in [0.29, 0.717) is 46.2 Å². The molecular weight excluding hydrogens is 1870 g/mol. The number of nitrogens with two attached hydrogens (primary N) is 2. The number of thioether (sulfide) groups is 1. The summed E-state index contributed by atoms with van der Waals surface area (Å²) in [5.74, 6) is 6.06. The number of nitrogens with one attached hydrogen (secondary N) is 4. The Morgan fingerprint density at radius 1 is 0.792 bits per heavy atom. The van der Waals surface area contributed by atoms with E-state index in [-0.39, 0.29) is 128 Å². The molecule has 6 aliphatic rings. The molecule has 23 atom stereocenters. The first-order chi connectivity index (χ1) is 61.9. The Balaban J connectivity index is 1.02. The monoisotopic (exact) mass is 1990 g/mol. The number of esters is 2. The molecule has 1 unspecified atom stereocenters. The number of carbonyl (C=O) groups is 10. The van der Waals surface area contributed by atoms with Crippen LogP contribution in [0, 0.1) is 51.9 Å². The summed E-state index contributed by atoms with van der Waals surface area (Å²) in [7, 11) is 8.97. The van der Waals surface area contributed by atoms with Gasteiger partial charge in [-0.15, -0.1) is 0 Å². The van der Waals surface area contributed by atoms with E-state index in [1.54, 1.807) is 92.7 Å². The molecule has 720 valence electrons. The third-order valence-corrected chi connectivity index (χ3v) is 28.2. The quantitative estimate of drug-likeness (QED) is 0.00689. The van der Waals surface area contributed by atoms with Gasteiger partial charge in [0.2, 0.25) is 29.0 Å². The number of urea groups is 1. The Morgan fingerprint density at radius 3 is 2.12 bits per heavy atom. The number of allylic oxidation sites excluding steroid dienone is 2. The van der Waals surface area contributed by atoms with Gasteiger partial charge in [0, 0.05) is 93.0 Å². The van der Waals surface area contributed by atoms with E-state index in [0.717, 1.165) is 18.9 Å². The highest BCUT2D eigenvalue weighted by Crippen LogP contribution is 2.50. The van der Waals surface area contributed by atoms with Crippen molar-refractivity contribution >= 4 is 120 Å². The summed E-state index contributed by atoms with van der Waals surface area (Å²) in [5, 5.41) is 65.6. The van der Waals surface area contributed by atoms with Gasteiger partial charge >= 0.3 is 24.1 Å². The molecule has 13 N–H and O–H groups in total. The summed E-state index contributed by atoms with van der Waals surface area (Å²) in [6.45, 7) is 16.7. The summed E-state index contributed by atoms with van der Waals surface area (Å²) in [6, 6.07) is 2.58. The van der Waals surface area contributed by atoms with Gasteiger partial charge < -0.3 is 129 Å². The van der Waals surface area contributed by atoms with Crippen LogP contribution >= 0.6 is 55.9 Å². The highest BCUT2D eigenvalue weighted by atomic mass is 127. The summed E-state index contributed by atoms with van der Waals surface area (Å²) in [6.07, 6.45) is -15.6. The van der Waals surface area contributed by atoms with Crippen molar-refractivity contribution in [2.45, 2.75) is 273 Å². The first kappa shape index (κ1) is 108. The number of hydroxylamine groups is 1. The van der Waals surface area contributed by atoms with E-state index < -0.39 is 204 Å². The Labute approximate surface area is 782 Å². The van der Waals surface area contributed by atoms with Crippen LogP contribution in [0.15, 0.2) is 59.2 Å². The number of halogens is 1. The molecule has 0 aromatic heterocycles. The number of primary amides is 1. The predicted molar refractivity (Wildman–Crippen MR) is 486 cm³/mol. The van der Waals surface area contributed by atoms with Crippen LogP contribution < -0.4 is 47.1 Å². The third-order valence-electron chi connectivity index (χ3n) is 22.9. The van der Waals surface area contributed by atoms with Crippen LogP contribution in [0.1, 0.15) is 154 Å². The fraction of sp³-hybridized carbons (Fsp3) is 0.640. The minimum Gasteiger partial charge on any atom is -0.492 e. The normalized spacial score (nSPS) is 28.1. The van der Waals surface area contributed by atoms with Gasteiger partial charge in [0.15, 0.2) is 47.5 Å². The number of ketones is 3. The van der Waals surface area contributed by atoms with Gasteiger partial charge in [-0.25, -0.2) is 9.59 Å². The zero-order valence-electron chi connectivity index (χ0n) is 75.7. The number of amides is 5. The van der Waals surface area contributed by atoms with Crippen LogP contribution in [0.4, 0.5) is 15.3 Å². The molecule has 2 aromatic carbocycles. The number of aliphatic hydroxyl groups is 5. The van der Waals surface area contributed by atoms with E-state index >= 15 is 0 Å². The van der Waals surface area contributed by atoms with Crippen molar-refractivity contribution in [3.8, 4) is 40.9 Å². The molecule has 8 rings (SSSR count). The number of benzene rings is 2. The van der Waals surface area contributed by atoms with Crippen LogP contribution in [-0.4, -0.2) is 289 Å². The topological polar surface area (TPSA) is 514 Å². The number of aliphatic hydroxyl groups excluding tert-OH is 4. The van der Waals surface area contributed by atoms with Gasteiger partial charge in [0.1, 0.15) is 54.3 Å². The van der Waals surface area contributed by atoms with E-state index in [1.807, 2.05) is 22.6 Å².